The number of pyridine rings is 1. The summed E-state index contributed by atoms with van der Waals surface area (Å²) in [5.74, 6) is -0.344. The van der Waals surface area contributed by atoms with Crippen molar-refractivity contribution in [2.75, 3.05) is 17.2 Å². The number of nitriles is 1. The predicted molar refractivity (Wildman–Crippen MR) is 102 cm³/mol. The number of para-hydroxylation sites is 1. The molecule has 0 aliphatic heterocycles. The predicted octanol–water partition coefficient (Wildman–Crippen LogP) is 3.86. The number of hydrogen-bond acceptors (Lipinski definition) is 4. The summed E-state index contributed by atoms with van der Waals surface area (Å²) in [4.78, 5) is 16.5. The second kappa shape index (κ2) is 8.45. The molecule has 0 saturated carbocycles. The van der Waals surface area contributed by atoms with Gasteiger partial charge in [0.1, 0.15) is 11.8 Å². The molecule has 3 rings (SSSR count). The van der Waals surface area contributed by atoms with Gasteiger partial charge in [0.15, 0.2) is 0 Å². The van der Waals surface area contributed by atoms with Gasteiger partial charge in [-0.15, -0.1) is 0 Å². The summed E-state index contributed by atoms with van der Waals surface area (Å²) in [6, 6.07) is 22.6. The van der Waals surface area contributed by atoms with Gasteiger partial charge in [-0.3, -0.25) is 4.79 Å². The van der Waals surface area contributed by atoms with Gasteiger partial charge in [-0.2, -0.15) is 5.26 Å². The Balaban J connectivity index is 1.57. The molecule has 5 nitrogen and oxygen atoms in total. The van der Waals surface area contributed by atoms with Crippen molar-refractivity contribution in [3.05, 3.63) is 89.7 Å². The van der Waals surface area contributed by atoms with Crippen molar-refractivity contribution in [3.63, 3.8) is 0 Å². The minimum absolute atomic E-state index is 0.298. The normalized spacial score (nSPS) is 9.96. The van der Waals surface area contributed by atoms with Crippen LogP contribution in [-0.2, 0) is 6.42 Å². The molecule has 5 heteroatoms. The molecule has 2 aromatic carbocycles. The zero-order chi connectivity index (χ0) is 18.2. The van der Waals surface area contributed by atoms with Gasteiger partial charge in [-0.05, 0) is 36.2 Å². The Morgan fingerprint density at radius 1 is 1.00 bits per heavy atom. The number of carbonyl (C=O) groups is 1. The Morgan fingerprint density at radius 3 is 2.50 bits per heavy atom. The van der Waals surface area contributed by atoms with E-state index in [1.54, 1.807) is 36.5 Å². The minimum Gasteiger partial charge on any atom is -0.383 e. The zero-order valence-corrected chi connectivity index (χ0v) is 14.1. The molecule has 0 unspecified atom stereocenters. The molecule has 128 valence electrons. The van der Waals surface area contributed by atoms with Crippen molar-refractivity contribution < 1.29 is 4.79 Å². The monoisotopic (exact) mass is 342 g/mol. The van der Waals surface area contributed by atoms with Crippen LogP contribution in [0.4, 0.5) is 11.4 Å². The highest BCUT2D eigenvalue weighted by atomic mass is 16.1. The molecular weight excluding hydrogens is 324 g/mol. The van der Waals surface area contributed by atoms with E-state index in [-0.39, 0.29) is 5.91 Å². The molecule has 0 saturated heterocycles. The molecule has 1 heterocycles. The molecule has 3 aromatic rings. The largest absolute Gasteiger partial charge is 0.383 e. The topological polar surface area (TPSA) is 77.8 Å². The first-order valence-corrected chi connectivity index (χ1v) is 8.30. The summed E-state index contributed by atoms with van der Waals surface area (Å²) in [7, 11) is 0. The maximum Gasteiger partial charge on any atom is 0.274 e. The molecule has 1 amide bonds. The first-order chi connectivity index (χ1) is 12.8. The van der Waals surface area contributed by atoms with E-state index in [0.29, 0.717) is 16.9 Å². The number of aromatic nitrogens is 1. The fraction of sp³-hybridized carbons (Fsp3) is 0.0952. The second-order valence-corrected chi connectivity index (χ2v) is 5.71. The standard InChI is InChI=1S/C21H18N4O/c22-14-17-8-4-5-9-19(17)25-21(26)20-11-10-18(15-24-20)23-13-12-16-6-2-1-3-7-16/h1-11,15,23H,12-13H2,(H,25,26). The van der Waals surface area contributed by atoms with Crippen molar-refractivity contribution in [2.24, 2.45) is 0 Å². The van der Waals surface area contributed by atoms with Crippen LogP contribution in [0.15, 0.2) is 72.9 Å². The number of carbonyl (C=O) groups excluding carboxylic acids is 1. The summed E-state index contributed by atoms with van der Waals surface area (Å²) in [6.07, 6.45) is 2.55. The molecule has 0 fully saturated rings. The number of nitrogens with one attached hydrogen (secondary N) is 2. The van der Waals surface area contributed by atoms with Crippen LogP contribution in [0.3, 0.4) is 0 Å². The maximum absolute atomic E-state index is 12.3. The number of anilines is 2. The van der Waals surface area contributed by atoms with Crippen LogP contribution in [0.25, 0.3) is 0 Å². The highest BCUT2D eigenvalue weighted by molar-refractivity contribution is 6.03. The highest BCUT2D eigenvalue weighted by Crippen LogP contribution is 2.15. The van der Waals surface area contributed by atoms with Crippen LogP contribution in [0, 0.1) is 11.3 Å². The van der Waals surface area contributed by atoms with Crippen LogP contribution in [0.2, 0.25) is 0 Å². The Labute approximate surface area is 152 Å². The molecule has 1 aromatic heterocycles. The molecule has 0 atom stereocenters. The molecule has 2 N–H and O–H groups in total. The molecule has 0 aliphatic rings. The third-order valence-corrected chi connectivity index (χ3v) is 3.88. The fourth-order valence-corrected chi connectivity index (χ4v) is 2.50. The van der Waals surface area contributed by atoms with Crippen LogP contribution in [0.5, 0.6) is 0 Å². The smallest absolute Gasteiger partial charge is 0.274 e. The summed E-state index contributed by atoms with van der Waals surface area (Å²) < 4.78 is 0. The number of amides is 1. The van der Waals surface area contributed by atoms with E-state index < -0.39 is 0 Å². The van der Waals surface area contributed by atoms with Gasteiger partial charge < -0.3 is 10.6 Å². The molecular formula is C21H18N4O. The average molecular weight is 342 g/mol. The van der Waals surface area contributed by atoms with Crippen molar-refractivity contribution in [1.29, 1.82) is 5.26 Å². The van der Waals surface area contributed by atoms with Crippen LogP contribution < -0.4 is 10.6 Å². The number of hydrogen-bond donors (Lipinski definition) is 2. The molecule has 26 heavy (non-hydrogen) atoms. The molecule has 0 aliphatic carbocycles. The van der Waals surface area contributed by atoms with E-state index in [1.807, 2.05) is 24.3 Å². The highest BCUT2D eigenvalue weighted by Gasteiger charge is 2.10. The molecule has 0 radical (unpaired) electrons. The van der Waals surface area contributed by atoms with Crippen LogP contribution in [-0.4, -0.2) is 17.4 Å². The third kappa shape index (κ3) is 4.46. The summed E-state index contributed by atoms with van der Waals surface area (Å²) in [5, 5.41) is 15.1. The molecule has 0 spiro atoms. The lowest BCUT2D eigenvalue weighted by Gasteiger charge is -2.08. The van der Waals surface area contributed by atoms with E-state index in [0.717, 1.165) is 18.7 Å². The van der Waals surface area contributed by atoms with E-state index in [4.69, 9.17) is 5.26 Å². The van der Waals surface area contributed by atoms with Gasteiger partial charge in [0, 0.05) is 6.54 Å². The Bertz CT molecular complexity index is 915. The Hall–Kier alpha value is -3.65. The SMILES string of the molecule is N#Cc1ccccc1NC(=O)c1ccc(NCCc2ccccc2)cn1. The third-order valence-electron chi connectivity index (χ3n) is 3.88. The maximum atomic E-state index is 12.3. The quantitative estimate of drug-likeness (QED) is 0.713. The van der Waals surface area contributed by atoms with Crippen molar-refractivity contribution in [3.8, 4) is 6.07 Å². The second-order valence-electron chi connectivity index (χ2n) is 5.71. The zero-order valence-electron chi connectivity index (χ0n) is 14.1. The summed E-state index contributed by atoms with van der Waals surface area (Å²) in [5.41, 5.74) is 3.31. The number of rotatable bonds is 6. The van der Waals surface area contributed by atoms with Gasteiger partial charge in [0.2, 0.25) is 0 Å². The summed E-state index contributed by atoms with van der Waals surface area (Å²) >= 11 is 0. The van der Waals surface area contributed by atoms with Gasteiger partial charge in [0.25, 0.3) is 5.91 Å². The van der Waals surface area contributed by atoms with Gasteiger partial charge in [-0.25, -0.2) is 4.98 Å². The lowest BCUT2D eigenvalue weighted by molar-refractivity contribution is 0.102. The number of benzene rings is 2. The minimum atomic E-state index is -0.344. The van der Waals surface area contributed by atoms with Gasteiger partial charge in [-0.1, -0.05) is 42.5 Å². The molecule has 0 bridgehead atoms. The average Bonchev–Trinajstić information content (AvgIpc) is 2.70. The van der Waals surface area contributed by atoms with E-state index >= 15 is 0 Å². The fourth-order valence-electron chi connectivity index (χ4n) is 2.50. The van der Waals surface area contributed by atoms with E-state index in [2.05, 4.69) is 33.8 Å². The Morgan fingerprint density at radius 2 is 1.77 bits per heavy atom. The first kappa shape index (κ1) is 17.2. The van der Waals surface area contributed by atoms with E-state index in [9.17, 15) is 4.79 Å². The van der Waals surface area contributed by atoms with Crippen molar-refractivity contribution in [1.82, 2.24) is 4.98 Å². The lowest BCUT2D eigenvalue weighted by Crippen LogP contribution is -2.14. The van der Waals surface area contributed by atoms with Gasteiger partial charge in [0.05, 0.1) is 23.1 Å². The first-order valence-electron chi connectivity index (χ1n) is 8.30. The van der Waals surface area contributed by atoms with Crippen molar-refractivity contribution >= 4 is 17.3 Å². The summed E-state index contributed by atoms with van der Waals surface area (Å²) in [6.45, 7) is 0.785. The Kier molecular flexibility index (Phi) is 5.58. The van der Waals surface area contributed by atoms with Crippen LogP contribution in [0.1, 0.15) is 21.6 Å². The van der Waals surface area contributed by atoms with Crippen molar-refractivity contribution in [2.45, 2.75) is 6.42 Å². The van der Waals surface area contributed by atoms with Gasteiger partial charge >= 0.3 is 0 Å². The van der Waals surface area contributed by atoms with E-state index in [1.165, 1.54) is 5.56 Å². The number of nitrogens with zero attached hydrogens (tertiary/aromatic N) is 2. The van der Waals surface area contributed by atoms with Crippen LogP contribution >= 0.6 is 0 Å². The lowest BCUT2D eigenvalue weighted by atomic mass is 10.1.